The second kappa shape index (κ2) is 6.29. The van der Waals surface area contributed by atoms with Gasteiger partial charge in [-0.15, -0.1) is 0 Å². The summed E-state index contributed by atoms with van der Waals surface area (Å²) in [5.41, 5.74) is 1.94. The van der Waals surface area contributed by atoms with E-state index in [9.17, 15) is 5.11 Å². The zero-order valence-electron chi connectivity index (χ0n) is 20.8. The summed E-state index contributed by atoms with van der Waals surface area (Å²) in [4.78, 5) is 2.35. The summed E-state index contributed by atoms with van der Waals surface area (Å²) in [6.07, 6.45) is 10.5. The van der Waals surface area contributed by atoms with Gasteiger partial charge in [0.05, 0.1) is 19.4 Å². The Bertz CT molecular complexity index is 772. The Morgan fingerprint density at radius 3 is 2.42 bits per heavy atom. The summed E-state index contributed by atoms with van der Waals surface area (Å²) in [6.45, 7) is 11.8. The third-order valence-corrected chi connectivity index (χ3v) is 13.2. The van der Waals surface area contributed by atoms with E-state index in [-0.39, 0.29) is 16.9 Å². The largest absolute Gasteiger partial charge is 0.393 e. The lowest BCUT2D eigenvalue weighted by molar-refractivity contribution is -0.172. The van der Waals surface area contributed by atoms with Crippen LogP contribution in [0.25, 0.3) is 0 Å². The number of fused-ring (bicyclic) bond motifs is 4. The van der Waals surface area contributed by atoms with E-state index in [1.54, 1.807) is 0 Å². The first-order chi connectivity index (χ1) is 14.6. The quantitative estimate of drug-likeness (QED) is 0.687. The van der Waals surface area contributed by atoms with Crippen LogP contribution in [0, 0.1) is 44.8 Å². The predicted octanol–water partition coefficient (Wildman–Crippen LogP) is 4.27. The third kappa shape index (κ3) is 2.27. The Hall–Kier alpha value is -0.160. The van der Waals surface area contributed by atoms with Gasteiger partial charge in [0.2, 0.25) is 0 Å². The van der Waals surface area contributed by atoms with Crippen molar-refractivity contribution in [1.82, 2.24) is 10.2 Å². The van der Waals surface area contributed by atoms with Gasteiger partial charge in [-0.3, -0.25) is 5.32 Å². The number of nitrogens with one attached hydrogen (secondary N) is 1. The maximum Gasteiger partial charge on any atom is 0.0967 e. The SMILES string of the molecule is C[C@@H]([C@@H]1[C@H](O)C[C@]2(C)[C@H]3CC[C@@H]4[C@@]5(C)COCN[C@H]5CC[C@@]45C[C@@]35CC[C@]12C)N(C)C. The Balaban J connectivity index is 1.36. The fraction of sp³-hybridized carbons (Fsp3) is 1.00. The molecule has 1 aliphatic heterocycles. The van der Waals surface area contributed by atoms with Crippen LogP contribution >= 0.6 is 0 Å². The second-order valence-electron chi connectivity index (χ2n) is 13.8. The van der Waals surface area contributed by atoms with Gasteiger partial charge in [-0.05, 0) is 106 Å². The van der Waals surface area contributed by atoms with Crippen molar-refractivity contribution in [1.29, 1.82) is 0 Å². The standard InChI is InChI=1S/C27H46N2O2/c1-17(29(5)6)22-18(30)13-25(4)20-8-7-19-23(2)15-31-16-28-21(23)9-10-26(19)14-27(20,26)12-11-24(22,25)3/h17-22,28,30H,7-16H2,1-6H3/t17-,18+,19+,20+,21-,22+,23+,24+,25+,26+,27-/m0/s1. The molecule has 6 rings (SSSR count). The van der Waals surface area contributed by atoms with Crippen molar-refractivity contribution in [2.75, 3.05) is 27.4 Å². The van der Waals surface area contributed by atoms with Crippen molar-refractivity contribution in [3.63, 3.8) is 0 Å². The van der Waals surface area contributed by atoms with Crippen LogP contribution < -0.4 is 5.32 Å². The molecule has 4 heteroatoms. The predicted molar refractivity (Wildman–Crippen MR) is 123 cm³/mol. The van der Waals surface area contributed by atoms with Gasteiger partial charge in [0.1, 0.15) is 0 Å². The van der Waals surface area contributed by atoms with Crippen molar-refractivity contribution in [2.45, 2.75) is 97.2 Å². The van der Waals surface area contributed by atoms with Crippen molar-refractivity contribution in [3.05, 3.63) is 0 Å². The molecule has 0 radical (unpaired) electrons. The first-order valence-electron chi connectivity index (χ1n) is 13.2. The smallest absolute Gasteiger partial charge is 0.0967 e. The van der Waals surface area contributed by atoms with Crippen molar-refractivity contribution in [2.24, 2.45) is 44.8 Å². The molecule has 6 aliphatic rings. The minimum atomic E-state index is -0.154. The highest BCUT2D eigenvalue weighted by atomic mass is 16.5. The monoisotopic (exact) mass is 430 g/mol. The fourth-order valence-electron chi connectivity index (χ4n) is 11.4. The lowest BCUT2D eigenvalue weighted by Crippen LogP contribution is -2.63. The molecule has 0 bridgehead atoms. The molecule has 11 atom stereocenters. The van der Waals surface area contributed by atoms with Gasteiger partial charge in [0, 0.05) is 23.4 Å². The zero-order chi connectivity index (χ0) is 22.0. The van der Waals surface area contributed by atoms with Gasteiger partial charge < -0.3 is 14.7 Å². The van der Waals surface area contributed by atoms with Crippen LogP contribution in [0.5, 0.6) is 0 Å². The Kier molecular flexibility index (Phi) is 4.33. The van der Waals surface area contributed by atoms with E-state index in [1.165, 1.54) is 44.9 Å². The van der Waals surface area contributed by atoms with Gasteiger partial charge in [0.25, 0.3) is 0 Å². The maximum absolute atomic E-state index is 11.4. The molecule has 0 aromatic rings. The van der Waals surface area contributed by atoms with E-state index in [2.05, 4.69) is 52.0 Å². The minimum Gasteiger partial charge on any atom is -0.393 e. The molecule has 2 N–H and O–H groups in total. The number of ether oxygens (including phenoxy) is 1. The van der Waals surface area contributed by atoms with Crippen molar-refractivity contribution < 1.29 is 9.84 Å². The third-order valence-electron chi connectivity index (χ3n) is 13.2. The van der Waals surface area contributed by atoms with E-state index < -0.39 is 0 Å². The summed E-state index contributed by atoms with van der Waals surface area (Å²) in [6, 6.07) is 1.08. The Labute approximate surface area is 189 Å². The minimum absolute atomic E-state index is 0.154. The molecule has 0 unspecified atom stereocenters. The highest BCUT2D eigenvalue weighted by Gasteiger charge is 2.83. The highest BCUT2D eigenvalue weighted by Crippen LogP contribution is 2.89. The molecule has 31 heavy (non-hydrogen) atoms. The number of hydrogen-bond donors (Lipinski definition) is 2. The van der Waals surface area contributed by atoms with Gasteiger partial charge in [-0.1, -0.05) is 20.8 Å². The molecule has 0 aromatic heterocycles. The van der Waals surface area contributed by atoms with Gasteiger partial charge in [-0.2, -0.15) is 0 Å². The van der Waals surface area contributed by atoms with Crippen LogP contribution in [-0.2, 0) is 4.74 Å². The summed E-state index contributed by atoms with van der Waals surface area (Å²) in [5.74, 6) is 2.00. The summed E-state index contributed by atoms with van der Waals surface area (Å²) in [7, 11) is 4.39. The summed E-state index contributed by atoms with van der Waals surface area (Å²) in [5, 5.41) is 15.2. The number of rotatable bonds is 2. The lowest BCUT2D eigenvalue weighted by atomic mass is 9.41. The van der Waals surface area contributed by atoms with E-state index in [0.717, 1.165) is 31.6 Å². The topological polar surface area (TPSA) is 44.7 Å². The van der Waals surface area contributed by atoms with Crippen molar-refractivity contribution in [3.8, 4) is 0 Å². The normalized spacial score (nSPS) is 61.0. The van der Waals surface area contributed by atoms with Gasteiger partial charge in [0.15, 0.2) is 0 Å². The number of nitrogens with zero attached hydrogens (tertiary/aromatic N) is 1. The molecule has 1 saturated heterocycles. The van der Waals surface area contributed by atoms with Crippen LogP contribution in [0.3, 0.4) is 0 Å². The molecular weight excluding hydrogens is 384 g/mol. The maximum atomic E-state index is 11.4. The summed E-state index contributed by atoms with van der Waals surface area (Å²) >= 11 is 0. The van der Waals surface area contributed by atoms with E-state index in [1.807, 2.05) is 0 Å². The lowest BCUT2D eigenvalue weighted by Gasteiger charge is -2.64. The first kappa shape index (κ1) is 21.4. The summed E-state index contributed by atoms with van der Waals surface area (Å²) < 4.78 is 6.02. The molecule has 176 valence electrons. The molecular formula is C27H46N2O2. The molecule has 6 fully saturated rings. The Morgan fingerprint density at radius 1 is 0.968 bits per heavy atom. The fourth-order valence-corrected chi connectivity index (χ4v) is 11.4. The van der Waals surface area contributed by atoms with E-state index in [0.29, 0.717) is 34.2 Å². The van der Waals surface area contributed by atoms with Gasteiger partial charge >= 0.3 is 0 Å². The molecule has 0 aromatic carbocycles. The first-order valence-corrected chi connectivity index (χ1v) is 13.2. The van der Waals surface area contributed by atoms with E-state index >= 15 is 0 Å². The second-order valence-corrected chi connectivity index (χ2v) is 13.8. The van der Waals surface area contributed by atoms with Crippen molar-refractivity contribution >= 4 is 0 Å². The zero-order valence-corrected chi connectivity index (χ0v) is 20.8. The molecule has 5 aliphatic carbocycles. The highest BCUT2D eigenvalue weighted by molar-refractivity contribution is 5.32. The van der Waals surface area contributed by atoms with Crippen LogP contribution in [0.2, 0.25) is 0 Å². The molecule has 1 heterocycles. The van der Waals surface area contributed by atoms with Gasteiger partial charge in [-0.25, -0.2) is 0 Å². The average Bonchev–Trinajstić information content (AvgIpc) is 3.32. The van der Waals surface area contributed by atoms with Crippen LogP contribution in [0.4, 0.5) is 0 Å². The molecule has 0 amide bonds. The number of aliphatic hydroxyl groups is 1. The van der Waals surface area contributed by atoms with Crippen LogP contribution in [0.15, 0.2) is 0 Å². The number of hydrogen-bond acceptors (Lipinski definition) is 4. The average molecular weight is 431 g/mol. The molecule has 5 saturated carbocycles. The Morgan fingerprint density at radius 2 is 1.68 bits per heavy atom. The molecule has 4 nitrogen and oxygen atoms in total. The van der Waals surface area contributed by atoms with E-state index in [4.69, 9.17) is 4.74 Å². The molecule has 2 spiro atoms. The van der Waals surface area contributed by atoms with Crippen LogP contribution in [0.1, 0.15) is 79.1 Å². The number of aliphatic hydroxyl groups excluding tert-OH is 1. The van der Waals surface area contributed by atoms with Crippen LogP contribution in [-0.4, -0.2) is 55.6 Å².